The Kier molecular flexibility index (Phi) is 9.13. The second-order valence-electron chi connectivity index (χ2n) is 7.54. The van der Waals surface area contributed by atoms with E-state index in [1.54, 1.807) is 0 Å². The van der Waals surface area contributed by atoms with Crippen LogP contribution in [0.5, 0.6) is 5.75 Å². The number of nitrogens with zero attached hydrogens (tertiary/aromatic N) is 3. The zero-order valence-corrected chi connectivity index (χ0v) is 19.6. The number of rotatable bonds is 9. The number of amides is 2. The molecule has 1 unspecified atom stereocenters. The van der Waals surface area contributed by atoms with Gasteiger partial charge in [0.25, 0.3) is 23.4 Å². The van der Waals surface area contributed by atoms with Crippen LogP contribution in [0.25, 0.3) is 0 Å². The first kappa shape index (κ1) is 29.1. The molecule has 1 aromatic rings. The Hall–Kier alpha value is -3.13. The van der Waals surface area contributed by atoms with Gasteiger partial charge in [0.05, 0.1) is 6.61 Å². The number of ether oxygens (including phenoxy) is 2. The van der Waals surface area contributed by atoms with Gasteiger partial charge in [-0.3, -0.25) is 24.5 Å². The zero-order chi connectivity index (χ0) is 27.3. The second kappa shape index (κ2) is 11.3. The third-order valence-electron chi connectivity index (χ3n) is 5.08. The van der Waals surface area contributed by atoms with E-state index in [1.807, 2.05) is 0 Å². The number of halogens is 7. The van der Waals surface area contributed by atoms with E-state index in [-0.39, 0.29) is 11.3 Å². The molecule has 0 bridgehead atoms. The zero-order valence-electron chi connectivity index (χ0n) is 18.9. The number of alkyl halides is 7. The molecule has 2 rings (SSSR count). The minimum absolute atomic E-state index is 0.221. The minimum atomic E-state index is -5.02. The van der Waals surface area contributed by atoms with Crippen LogP contribution in [0.1, 0.15) is 6.92 Å². The SMILES string of the molecule is C=N/C=C(\C=N/C)[C@@](C)(C(=O)NC1COCC1(F)F)N(C(=O)[C@H](F)Cl)c1ccc(OC(F)(F)F)cc1. The van der Waals surface area contributed by atoms with Crippen LogP contribution in [0.2, 0.25) is 0 Å². The number of hydrogen-bond acceptors (Lipinski definition) is 6. The molecule has 0 spiro atoms. The molecule has 0 aromatic heterocycles. The van der Waals surface area contributed by atoms with Gasteiger partial charge in [0.15, 0.2) is 5.54 Å². The highest BCUT2D eigenvalue weighted by Crippen LogP contribution is 2.35. The quantitative estimate of drug-likeness (QED) is 0.293. The fourth-order valence-corrected chi connectivity index (χ4v) is 3.46. The topological polar surface area (TPSA) is 92.6 Å². The first-order chi connectivity index (χ1) is 16.7. The number of benzene rings is 1. The summed E-state index contributed by atoms with van der Waals surface area (Å²) in [6, 6.07) is 1.62. The molecule has 3 atom stereocenters. The van der Waals surface area contributed by atoms with Gasteiger partial charge < -0.3 is 14.8 Å². The monoisotopic (exact) mass is 542 g/mol. The van der Waals surface area contributed by atoms with E-state index in [0.717, 1.165) is 43.6 Å². The number of carbonyl (C=O) groups is 2. The number of anilines is 1. The van der Waals surface area contributed by atoms with Crippen molar-refractivity contribution in [3.05, 3.63) is 36.0 Å². The van der Waals surface area contributed by atoms with Crippen molar-refractivity contribution in [1.29, 1.82) is 0 Å². The van der Waals surface area contributed by atoms with Crippen LogP contribution in [-0.2, 0) is 14.3 Å². The molecule has 36 heavy (non-hydrogen) atoms. The summed E-state index contributed by atoms with van der Waals surface area (Å²) in [5, 5.41) is 2.08. The van der Waals surface area contributed by atoms with Crippen molar-refractivity contribution in [2.24, 2.45) is 9.98 Å². The molecule has 1 N–H and O–H groups in total. The van der Waals surface area contributed by atoms with E-state index in [9.17, 15) is 35.9 Å². The fraction of sp³-hybridized carbons (Fsp3) is 0.429. The largest absolute Gasteiger partial charge is 0.573 e. The first-order valence-corrected chi connectivity index (χ1v) is 10.4. The van der Waals surface area contributed by atoms with E-state index >= 15 is 0 Å². The minimum Gasteiger partial charge on any atom is -0.406 e. The Balaban J connectivity index is 2.69. The molecule has 1 heterocycles. The highest BCUT2D eigenvalue weighted by molar-refractivity contribution is 6.32. The highest BCUT2D eigenvalue weighted by atomic mass is 35.5. The Labute approximate surface area is 206 Å². The van der Waals surface area contributed by atoms with Gasteiger partial charge in [0.2, 0.25) is 0 Å². The number of carbonyl (C=O) groups excluding carboxylic acids is 2. The van der Waals surface area contributed by atoms with Crippen molar-refractivity contribution in [1.82, 2.24) is 5.32 Å². The molecule has 8 nitrogen and oxygen atoms in total. The summed E-state index contributed by atoms with van der Waals surface area (Å²) >= 11 is 5.38. The molecule has 198 valence electrons. The van der Waals surface area contributed by atoms with Crippen molar-refractivity contribution >= 4 is 42.0 Å². The molecule has 0 saturated carbocycles. The maximum atomic E-state index is 14.2. The van der Waals surface area contributed by atoms with Crippen molar-refractivity contribution in [2.45, 2.75) is 36.4 Å². The summed E-state index contributed by atoms with van der Waals surface area (Å²) in [6.07, 6.45) is -3.01. The first-order valence-electron chi connectivity index (χ1n) is 10.0. The molecular weight excluding hydrogens is 522 g/mol. The Morgan fingerprint density at radius 3 is 2.39 bits per heavy atom. The third-order valence-corrected chi connectivity index (χ3v) is 5.27. The summed E-state index contributed by atoms with van der Waals surface area (Å²) in [6.45, 7) is 2.78. The van der Waals surface area contributed by atoms with Crippen LogP contribution in [0, 0.1) is 0 Å². The Morgan fingerprint density at radius 2 is 1.94 bits per heavy atom. The van der Waals surface area contributed by atoms with Crippen LogP contribution < -0.4 is 15.0 Å². The van der Waals surface area contributed by atoms with Gasteiger partial charge in [-0.15, -0.1) is 13.2 Å². The van der Waals surface area contributed by atoms with Gasteiger partial charge >= 0.3 is 6.36 Å². The summed E-state index contributed by atoms with van der Waals surface area (Å²) in [7, 11) is 1.28. The Bertz CT molecular complexity index is 1030. The van der Waals surface area contributed by atoms with E-state index in [2.05, 4.69) is 26.8 Å². The maximum absolute atomic E-state index is 14.2. The number of hydrogen-bond donors (Lipinski definition) is 1. The van der Waals surface area contributed by atoms with Gasteiger partial charge in [-0.1, -0.05) is 11.6 Å². The molecule has 2 amide bonds. The van der Waals surface area contributed by atoms with Crippen LogP contribution in [-0.4, -0.2) is 74.5 Å². The van der Waals surface area contributed by atoms with Crippen LogP contribution >= 0.6 is 11.6 Å². The van der Waals surface area contributed by atoms with Crippen LogP contribution in [0.4, 0.5) is 32.0 Å². The van der Waals surface area contributed by atoms with E-state index < -0.39 is 60.3 Å². The van der Waals surface area contributed by atoms with E-state index in [0.29, 0.717) is 4.90 Å². The molecule has 0 radical (unpaired) electrons. The van der Waals surface area contributed by atoms with Crippen LogP contribution in [0.15, 0.2) is 46.0 Å². The maximum Gasteiger partial charge on any atom is 0.573 e. The predicted molar refractivity (Wildman–Crippen MR) is 120 cm³/mol. The second-order valence-corrected chi connectivity index (χ2v) is 7.93. The molecule has 15 heteroatoms. The lowest BCUT2D eigenvalue weighted by Gasteiger charge is -2.41. The standard InChI is InChI=1S/C21H21ClF6N4O4/c1-19(12(8-29-2)9-30-3,18(34)31-15-10-35-11-20(15,24)25)32(17(33)16(22)23)13-4-6-14(7-5-13)36-21(26,27)28/h4-9,15-16H,2,10-11H2,1,3H3,(H,31,34)/b12-8+,30-9-/t15?,16-,19-/m0/s1. The predicted octanol–water partition coefficient (Wildman–Crippen LogP) is 3.65. The lowest BCUT2D eigenvalue weighted by Crippen LogP contribution is -2.64. The summed E-state index contributed by atoms with van der Waals surface area (Å²) < 4.78 is 88.6. The lowest BCUT2D eigenvalue weighted by atomic mass is 9.87. The molecule has 1 aromatic carbocycles. The van der Waals surface area contributed by atoms with Gasteiger partial charge in [0.1, 0.15) is 18.4 Å². The molecule has 0 aliphatic carbocycles. The summed E-state index contributed by atoms with van der Waals surface area (Å²) in [5.41, 5.74) is -5.65. The normalized spacial score (nSPS) is 20.5. The smallest absolute Gasteiger partial charge is 0.406 e. The van der Waals surface area contributed by atoms with Gasteiger partial charge in [-0.2, -0.15) is 0 Å². The molecule has 1 aliphatic heterocycles. The van der Waals surface area contributed by atoms with Crippen molar-refractivity contribution in [2.75, 3.05) is 25.2 Å². The van der Waals surface area contributed by atoms with Gasteiger partial charge in [-0.25, -0.2) is 13.2 Å². The Morgan fingerprint density at radius 1 is 1.33 bits per heavy atom. The number of nitrogens with one attached hydrogen (secondary N) is 1. The lowest BCUT2D eigenvalue weighted by molar-refractivity contribution is -0.274. The molecular formula is C21H21ClF6N4O4. The third kappa shape index (κ3) is 6.55. The van der Waals surface area contributed by atoms with E-state index in [4.69, 9.17) is 16.3 Å². The molecule has 1 saturated heterocycles. The van der Waals surface area contributed by atoms with E-state index in [1.165, 1.54) is 7.05 Å². The highest BCUT2D eigenvalue weighted by Gasteiger charge is 2.52. The summed E-state index contributed by atoms with van der Waals surface area (Å²) in [5.74, 6) is -6.92. The number of aliphatic imine (C=N–C) groups is 2. The fourth-order valence-electron chi connectivity index (χ4n) is 3.37. The van der Waals surface area contributed by atoms with Crippen LogP contribution in [0.3, 0.4) is 0 Å². The van der Waals surface area contributed by atoms with Gasteiger partial charge in [-0.05, 0) is 37.9 Å². The van der Waals surface area contributed by atoms with Crippen molar-refractivity contribution in [3.8, 4) is 5.75 Å². The average molecular weight is 543 g/mol. The molecule has 1 aliphatic rings. The molecule has 1 fully saturated rings. The van der Waals surface area contributed by atoms with Gasteiger partial charge in [0, 0.05) is 30.7 Å². The summed E-state index contributed by atoms with van der Waals surface area (Å²) in [4.78, 5) is 34.2. The average Bonchev–Trinajstić information content (AvgIpc) is 3.11. The van der Waals surface area contributed by atoms with Crippen molar-refractivity contribution in [3.63, 3.8) is 0 Å². The van der Waals surface area contributed by atoms with Crippen molar-refractivity contribution < 1.29 is 45.4 Å².